The van der Waals surface area contributed by atoms with Crippen LogP contribution in [-0.2, 0) is 0 Å². The quantitative estimate of drug-likeness (QED) is 0.541. The molecular formula is C20H20N2. The Balaban J connectivity index is 1.79. The summed E-state index contributed by atoms with van der Waals surface area (Å²) in [5.74, 6) is 0. The first kappa shape index (κ1) is 15.6. The fraction of sp³-hybridized carbons (Fsp3) is 0.100. The Morgan fingerprint density at radius 1 is 0.591 bits per heavy atom. The van der Waals surface area contributed by atoms with E-state index in [1.54, 1.807) is 12.4 Å². The van der Waals surface area contributed by atoms with E-state index in [4.69, 9.17) is 0 Å². The molecule has 22 heavy (non-hydrogen) atoms. The molecule has 0 aliphatic rings. The van der Waals surface area contributed by atoms with Gasteiger partial charge in [-0.3, -0.25) is 0 Å². The Morgan fingerprint density at radius 2 is 0.955 bits per heavy atom. The van der Waals surface area contributed by atoms with E-state index in [1.807, 2.05) is 24.3 Å². The summed E-state index contributed by atoms with van der Waals surface area (Å²) < 4.78 is 0. The van der Waals surface area contributed by atoms with Gasteiger partial charge in [0.05, 0.1) is 0 Å². The smallest absolute Gasteiger partial charge is 0.0495 e. The molecule has 110 valence electrons. The Hall–Kier alpha value is -2.74. The molecule has 0 heterocycles. The molecule has 0 spiro atoms. The third-order valence-electron chi connectivity index (χ3n) is 3.10. The average Bonchev–Trinajstić information content (AvgIpc) is 2.53. The van der Waals surface area contributed by atoms with Crippen molar-refractivity contribution in [2.75, 3.05) is 0 Å². The van der Waals surface area contributed by atoms with Crippen LogP contribution in [0.15, 0.2) is 70.9 Å². The van der Waals surface area contributed by atoms with Crippen LogP contribution in [0, 0.1) is 13.8 Å². The van der Waals surface area contributed by atoms with Gasteiger partial charge in [0.2, 0.25) is 0 Å². The average molecular weight is 288 g/mol. The number of aryl methyl sites for hydroxylation is 2. The van der Waals surface area contributed by atoms with Crippen LogP contribution < -0.4 is 0 Å². The van der Waals surface area contributed by atoms with Gasteiger partial charge in [0.15, 0.2) is 0 Å². The van der Waals surface area contributed by atoms with Crippen LogP contribution in [0.25, 0.3) is 12.2 Å². The number of rotatable bonds is 5. The number of nitrogens with zero attached hydrogens (tertiary/aromatic N) is 2. The van der Waals surface area contributed by atoms with E-state index in [9.17, 15) is 0 Å². The lowest BCUT2D eigenvalue weighted by atomic mass is 10.1. The summed E-state index contributed by atoms with van der Waals surface area (Å²) in [5, 5.41) is 7.91. The fourth-order valence-electron chi connectivity index (χ4n) is 1.82. The van der Waals surface area contributed by atoms with Crippen molar-refractivity contribution in [1.29, 1.82) is 0 Å². The fourth-order valence-corrected chi connectivity index (χ4v) is 1.82. The van der Waals surface area contributed by atoms with Crippen molar-refractivity contribution in [2.24, 2.45) is 10.2 Å². The van der Waals surface area contributed by atoms with Crippen LogP contribution in [-0.4, -0.2) is 12.4 Å². The normalized spacial score (nSPS) is 12.3. The molecule has 0 amide bonds. The predicted octanol–water partition coefficient (Wildman–Crippen LogP) is 5.09. The molecule has 2 aromatic carbocycles. The molecule has 0 radical (unpaired) electrons. The van der Waals surface area contributed by atoms with Crippen molar-refractivity contribution in [3.63, 3.8) is 0 Å². The minimum atomic E-state index is 1.15. The maximum absolute atomic E-state index is 3.96. The van der Waals surface area contributed by atoms with E-state index in [-0.39, 0.29) is 0 Å². The Kier molecular flexibility index (Phi) is 6.06. The van der Waals surface area contributed by atoms with Crippen LogP contribution in [0.4, 0.5) is 0 Å². The number of hydrogen-bond donors (Lipinski definition) is 0. The highest BCUT2D eigenvalue weighted by Gasteiger charge is 1.85. The summed E-state index contributed by atoms with van der Waals surface area (Å²) in [7, 11) is 0. The minimum absolute atomic E-state index is 1.15. The van der Waals surface area contributed by atoms with Gasteiger partial charge in [-0.25, -0.2) is 0 Å². The molecular weight excluding hydrogens is 268 g/mol. The van der Waals surface area contributed by atoms with E-state index in [0.717, 1.165) is 11.1 Å². The van der Waals surface area contributed by atoms with Crippen molar-refractivity contribution in [3.8, 4) is 0 Å². The summed E-state index contributed by atoms with van der Waals surface area (Å²) >= 11 is 0. The zero-order chi connectivity index (χ0) is 15.6. The van der Waals surface area contributed by atoms with Gasteiger partial charge in [-0.15, -0.1) is 0 Å². The van der Waals surface area contributed by atoms with Gasteiger partial charge in [0.25, 0.3) is 0 Å². The van der Waals surface area contributed by atoms with Crippen molar-refractivity contribution in [1.82, 2.24) is 0 Å². The highest BCUT2D eigenvalue weighted by molar-refractivity contribution is 5.81. The lowest BCUT2D eigenvalue weighted by Gasteiger charge is -1.92. The van der Waals surface area contributed by atoms with Crippen LogP contribution in [0.2, 0.25) is 0 Å². The highest BCUT2D eigenvalue weighted by Crippen LogP contribution is 2.05. The Bertz CT molecular complexity index is 624. The van der Waals surface area contributed by atoms with Gasteiger partial charge in [0, 0.05) is 12.4 Å². The molecule has 0 bridgehead atoms. The summed E-state index contributed by atoms with van der Waals surface area (Å²) in [6.07, 6.45) is 11.1. The molecule has 0 aliphatic carbocycles. The molecule has 2 heteroatoms. The summed E-state index contributed by atoms with van der Waals surface area (Å²) in [5.41, 5.74) is 4.83. The molecule has 0 aromatic heterocycles. The minimum Gasteiger partial charge on any atom is -0.159 e. The van der Waals surface area contributed by atoms with Gasteiger partial charge in [0.1, 0.15) is 0 Å². The number of allylic oxidation sites excluding steroid dienone is 2. The van der Waals surface area contributed by atoms with Gasteiger partial charge in [-0.2, -0.15) is 10.2 Å². The zero-order valence-electron chi connectivity index (χ0n) is 13.0. The largest absolute Gasteiger partial charge is 0.159 e. The summed E-state index contributed by atoms with van der Waals surface area (Å²) in [6, 6.07) is 16.7. The van der Waals surface area contributed by atoms with Gasteiger partial charge >= 0.3 is 0 Å². The van der Waals surface area contributed by atoms with Gasteiger partial charge in [-0.05, 0) is 37.1 Å². The van der Waals surface area contributed by atoms with Crippen molar-refractivity contribution < 1.29 is 0 Å². The summed E-state index contributed by atoms with van der Waals surface area (Å²) in [4.78, 5) is 0. The zero-order valence-corrected chi connectivity index (χ0v) is 13.0. The number of benzene rings is 2. The van der Waals surface area contributed by atoms with Crippen molar-refractivity contribution in [3.05, 3.63) is 82.9 Å². The lowest BCUT2D eigenvalue weighted by Crippen LogP contribution is -1.74. The predicted molar refractivity (Wildman–Crippen MR) is 97.4 cm³/mol. The first-order valence-electron chi connectivity index (χ1n) is 7.27. The monoisotopic (exact) mass is 288 g/mol. The van der Waals surface area contributed by atoms with E-state index in [1.165, 1.54) is 11.1 Å². The summed E-state index contributed by atoms with van der Waals surface area (Å²) in [6.45, 7) is 4.15. The van der Waals surface area contributed by atoms with Crippen LogP contribution in [0.1, 0.15) is 22.3 Å². The van der Waals surface area contributed by atoms with E-state index < -0.39 is 0 Å². The first-order valence-corrected chi connectivity index (χ1v) is 7.27. The van der Waals surface area contributed by atoms with E-state index in [0.29, 0.717) is 0 Å². The SMILES string of the molecule is Cc1ccc(/C=C/C=N/N=C/C=C/c2ccc(C)cc2)cc1. The van der Waals surface area contributed by atoms with E-state index >= 15 is 0 Å². The molecule has 2 aromatic rings. The van der Waals surface area contributed by atoms with Crippen molar-refractivity contribution in [2.45, 2.75) is 13.8 Å². The van der Waals surface area contributed by atoms with Gasteiger partial charge in [-0.1, -0.05) is 71.8 Å². The maximum Gasteiger partial charge on any atom is 0.0495 e. The Morgan fingerprint density at radius 3 is 1.32 bits per heavy atom. The standard InChI is InChI=1S/C20H20N2/c1-17-7-11-19(12-8-17)5-3-15-21-22-16-4-6-20-13-9-18(2)10-14-20/h3-16H,1-2H3/b5-3+,6-4+,21-15+,22-16+. The van der Waals surface area contributed by atoms with Crippen LogP contribution >= 0.6 is 0 Å². The number of hydrogen-bond acceptors (Lipinski definition) is 2. The molecule has 0 unspecified atom stereocenters. The molecule has 0 fully saturated rings. The third-order valence-corrected chi connectivity index (χ3v) is 3.10. The highest BCUT2D eigenvalue weighted by atomic mass is 15.2. The molecule has 0 saturated heterocycles. The second-order valence-corrected chi connectivity index (χ2v) is 5.07. The lowest BCUT2D eigenvalue weighted by molar-refractivity contribution is 1.27. The Labute approximate surface area is 132 Å². The van der Waals surface area contributed by atoms with E-state index in [2.05, 4.69) is 72.6 Å². The topological polar surface area (TPSA) is 24.7 Å². The molecule has 0 atom stereocenters. The van der Waals surface area contributed by atoms with Gasteiger partial charge < -0.3 is 0 Å². The first-order chi connectivity index (χ1) is 10.7. The van der Waals surface area contributed by atoms with Crippen LogP contribution in [0.5, 0.6) is 0 Å². The van der Waals surface area contributed by atoms with Crippen LogP contribution in [0.3, 0.4) is 0 Å². The second-order valence-electron chi connectivity index (χ2n) is 5.07. The molecule has 0 N–H and O–H groups in total. The molecule has 0 aliphatic heterocycles. The molecule has 2 nitrogen and oxygen atoms in total. The van der Waals surface area contributed by atoms with Crippen molar-refractivity contribution >= 4 is 24.6 Å². The third kappa shape index (κ3) is 5.71. The molecule has 2 rings (SSSR count). The maximum atomic E-state index is 3.96. The second kappa shape index (κ2) is 8.53. The molecule has 0 saturated carbocycles.